The summed E-state index contributed by atoms with van der Waals surface area (Å²) >= 11 is 1.36. The minimum absolute atomic E-state index is 0.156. The molecule has 2 atom stereocenters. The van der Waals surface area contributed by atoms with E-state index in [1.807, 2.05) is 6.92 Å². The smallest absolute Gasteiger partial charge is 0.264 e. The van der Waals surface area contributed by atoms with Crippen molar-refractivity contribution in [2.45, 2.75) is 48.7 Å². The van der Waals surface area contributed by atoms with Crippen molar-refractivity contribution in [1.29, 1.82) is 0 Å². The highest BCUT2D eigenvalue weighted by atomic mass is 32.2. The van der Waals surface area contributed by atoms with E-state index >= 15 is 0 Å². The van der Waals surface area contributed by atoms with Crippen molar-refractivity contribution < 1.29 is 14.3 Å². The number of halogens is 1. The number of aliphatic hydroxyl groups excluding tert-OH is 1. The van der Waals surface area contributed by atoms with Gasteiger partial charge >= 0.3 is 0 Å². The molecule has 2 aliphatic rings. The van der Waals surface area contributed by atoms with E-state index in [0.717, 1.165) is 0 Å². The Labute approximate surface area is 155 Å². The number of hydrogen-bond acceptors (Lipinski definition) is 6. The van der Waals surface area contributed by atoms with Crippen molar-refractivity contribution >= 4 is 17.7 Å². The van der Waals surface area contributed by atoms with Gasteiger partial charge in [-0.05, 0) is 18.9 Å². The van der Waals surface area contributed by atoms with Gasteiger partial charge < -0.3 is 5.11 Å². The van der Waals surface area contributed by atoms with E-state index < -0.39 is 11.3 Å². The van der Waals surface area contributed by atoms with Crippen molar-refractivity contribution in [3.63, 3.8) is 0 Å². The average molecular weight is 376 g/mol. The third-order valence-corrected chi connectivity index (χ3v) is 6.21. The van der Waals surface area contributed by atoms with Gasteiger partial charge in [0.1, 0.15) is 11.1 Å². The molecular formula is C18H21FN4O2S. The fourth-order valence-corrected chi connectivity index (χ4v) is 4.89. The van der Waals surface area contributed by atoms with Crippen LogP contribution in [0.15, 0.2) is 29.4 Å². The Kier molecular flexibility index (Phi) is 4.81. The van der Waals surface area contributed by atoms with E-state index in [1.165, 1.54) is 22.5 Å². The Morgan fingerprint density at radius 2 is 2.08 bits per heavy atom. The first-order valence-corrected chi connectivity index (χ1v) is 9.79. The van der Waals surface area contributed by atoms with Gasteiger partial charge in [0.2, 0.25) is 0 Å². The van der Waals surface area contributed by atoms with Crippen molar-refractivity contribution in [3.05, 3.63) is 41.5 Å². The van der Waals surface area contributed by atoms with Gasteiger partial charge in [0.15, 0.2) is 11.0 Å². The van der Waals surface area contributed by atoms with E-state index in [4.69, 9.17) is 0 Å². The molecule has 1 saturated heterocycles. The molecule has 3 heterocycles. The van der Waals surface area contributed by atoms with Gasteiger partial charge in [-0.1, -0.05) is 36.9 Å². The molecule has 0 bridgehead atoms. The Morgan fingerprint density at radius 1 is 1.35 bits per heavy atom. The van der Waals surface area contributed by atoms with Gasteiger partial charge in [0.25, 0.3) is 5.91 Å². The van der Waals surface area contributed by atoms with Gasteiger partial charge in [-0.2, -0.15) is 4.68 Å². The molecule has 1 aromatic carbocycles. The monoisotopic (exact) mass is 376 g/mol. The molecule has 2 aromatic rings. The van der Waals surface area contributed by atoms with E-state index in [1.54, 1.807) is 18.2 Å². The van der Waals surface area contributed by atoms with Crippen molar-refractivity contribution in [3.8, 4) is 0 Å². The van der Waals surface area contributed by atoms with Gasteiger partial charge in [-0.25, -0.2) is 9.37 Å². The summed E-state index contributed by atoms with van der Waals surface area (Å²) in [6, 6.07) is 6.21. The maximum atomic E-state index is 14.6. The summed E-state index contributed by atoms with van der Waals surface area (Å²) in [6.07, 6.45) is 1.58. The molecule has 2 aliphatic heterocycles. The van der Waals surface area contributed by atoms with Crippen LogP contribution in [0.5, 0.6) is 0 Å². The number of likely N-dealkylation sites (tertiary alicyclic amines) is 1. The summed E-state index contributed by atoms with van der Waals surface area (Å²) in [5, 5.41) is 14.2. The molecule has 26 heavy (non-hydrogen) atoms. The van der Waals surface area contributed by atoms with Crippen LogP contribution >= 0.6 is 11.8 Å². The molecule has 2 unspecified atom stereocenters. The Hall–Kier alpha value is -1.77. The lowest BCUT2D eigenvalue weighted by Crippen LogP contribution is -2.44. The lowest BCUT2D eigenvalue weighted by atomic mass is 9.97. The van der Waals surface area contributed by atoms with Gasteiger partial charge in [0.05, 0.1) is 12.1 Å². The lowest BCUT2D eigenvalue weighted by molar-refractivity contribution is 0.0544. The van der Waals surface area contributed by atoms with Gasteiger partial charge in [-0.3, -0.25) is 9.69 Å². The zero-order valence-electron chi connectivity index (χ0n) is 14.5. The maximum absolute atomic E-state index is 14.6. The molecule has 0 saturated carbocycles. The topological polar surface area (TPSA) is 71.2 Å². The van der Waals surface area contributed by atoms with Crippen LogP contribution in [-0.4, -0.2) is 55.1 Å². The quantitative estimate of drug-likeness (QED) is 0.883. The molecular weight excluding hydrogens is 355 g/mol. The van der Waals surface area contributed by atoms with Crippen molar-refractivity contribution in [2.24, 2.45) is 0 Å². The van der Waals surface area contributed by atoms with Crippen molar-refractivity contribution in [1.82, 2.24) is 19.7 Å². The van der Waals surface area contributed by atoms with Crippen LogP contribution in [0.1, 0.15) is 42.0 Å². The number of nitrogens with zero attached hydrogens (tertiary/aromatic N) is 4. The highest BCUT2D eigenvalue weighted by molar-refractivity contribution is 8.00. The number of carbonyl (C=O) groups excluding carboxylic acids is 1. The van der Waals surface area contributed by atoms with E-state index in [-0.39, 0.29) is 17.8 Å². The third kappa shape index (κ3) is 3.06. The molecule has 0 spiro atoms. The lowest BCUT2D eigenvalue weighted by Gasteiger charge is -2.38. The molecule has 0 amide bonds. The number of hydrogen-bond donors (Lipinski definition) is 1. The van der Waals surface area contributed by atoms with Crippen LogP contribution in [0.3, 0.4) is 0 Å². The van der Waals surface area contributed by atoms with Crippen LogP contribution in [0.2, 0.25) is 0 Å². The highest BCUT2D eigenvalue weighted by Crippen LogP contribution is 2.42. The molecule has 1 N–H and O–H groups in total. The Balaban J connectivity index is 1.68. The zero-order chi connectivity index (χ0) is 18.3. The maximum Gasteiger partial charge on any atom is 0.264 e. The minimum Gasteiger partial charge on any atom is -0.393 e. The SMILES string of the molecule is CCc1nc2n(n1)C(=O)C(C(c1ccccc1F)N1CCC(O)CC1)S2. The van der Waals surface area contributed by atoms with E-state index in [9.17, 15) is 14.3 Å². The number of aryl methyl sites for hydroxylation is 1. The Morgan fingerprint density at radius 3 is 2.73 bits per heavy atom. The van der Waals surface area contributed by atoms with E-state index in [2.05, 4.69) is 15.0 Å². The average Bonchev–Trinajstić information content (AvgIpc) is 3.18. The molecule has 0 radical (unpaired) electrons. The largest absolute Gasteiger partial charge is 0.393 e. The summed E-state index contributed by atoms with van der Waals surface area (Å²) in [5.41, 5.74) is 0.510. The molecule has 1 aromatic heterocycles. The number of rotatable bonds is 4. The second-order valence-electron chi connectivity index (χ2n) is 6.69. The predicted octanol–water partition coefficient (Wildman–Crippen LogP) is 2.29. The second-order valence-corrected chi connectivity index (χ2v) is 7.79. The summed E-state index contributed by atoms with van der Waals surface area (Å²) < 4.78 is 16.0. The van der Waals surface area contributed by atoms with Crippen LogP contribution in [-0.2, 0) is 6.42 Å². The molecule has 6 nitrogen and oxygen atoms in total. The normalized spacial score (nSPS) is 22.6. The first kappa shape index (κ1) is 17.6. The first-order valence-electron chi connectivity index (χ1n) is 8.92. The summed E-state index contributed by atoms with van der Waals surface area (Å²) in [7, 11) is 0. The van der Waals surface area contributed by atoms with Gasteiger partial charge in [0, 0.05) is 25.1 Å². The third-order valence-electron chi connectivity index (χ3n) is 5.03. The van der Waals surface area contributed by atoms with Crippen LogP contribution in [0.4, 0.5) is 4.39 Å². The summed E-state index contributed by atoms with van der Waals surface area (Å²) in [5.74, 6) is 0.170. The number of aliphatic hydroxyl groups is 1. The van der Waals surface area contributed by atoms with Crippen LogP contribution in [0.25, 0.3) is 0 Å². The second kappa shape index (κ2) is 7.09. The van der Waals surface area contributed by atoms with E-state index in [0.29, 0.717) is 48.9 Å². The fraction of sp³-hybridized carbons (Fsp3) is 0.500. The molecule has 8 heteroatoms. The number of aromatic nitrogens is 3. The highest BCUT2D eigenvalue weighted by Gasteiger charge is 2.44. The van der Waals surface area contributed by atoms with Crippen LogP contribution < -0.4 is 0 Å². The summed E-state index contributed by atoms with van der Waals surface area (Å²) in [4.78, 5) is 19.5. The number of carbonyl (C=O) groups is 1. The summed E-state index contributed by atoms with van der Waals surface area (Å²) in [6.45, 7) is 3.19. The number of benzene rings is 1. The Bertz CT molecular complexity index is 819. The molecule has 138 valence electrons. The zero-order valence-corrected chi connectivity index (χ0v) is 15.3. The molecule has 4 rings (SSSR count). The predicted molar refractivity (Wildman–Crippen MR) is 95.6 cm³/mol. The molecule has 0 aliphatic carbocycles. The number of piperidine rings is 1. The standard InChI is InChI=1S/C18H21FN4O2S/c1-2-14-20-18-23(21-14)17(25)16(26-18)15(12-5-3-4-6-13(12)19)22-9-7-11(24)8-10-22/h3-6,11,15-16,24H,2,7-10H2,1H3. The number of fused-ring (bicyclic) bond motifs is 1. The fourth-order valence-electron chi connectivity index (χ4n) is 3.62. The molecule has 1 fully saturated rings. The van der Waals surface area contributed by atoms with Gasteiger partial charge in [-0.15, -0.1) is 5.10 Å². The minimum atomic E-state index is -0.497. The number of thioether (sulfide) groups is 1. The first-order chi connectivity index (χ1) is 12.6. The van der Waals surface area contributed by atoms with Crippen molar-refractivity contribution in [2.75, 3.05) is 13.1 Å². The van der Waals surface area contributed by atoms with Crippen LogP contribution in [0, 0.1) is 5.82 Å².